The van der Waals surface area contributed by atoms with E-state index in [0.29, 0.717) is 5.00 Å². The summed E-state index contributed by atoms with van der Waals surface area (Å²) in [5.41, 5.74) is 11.6. The maximum atomic E-state index is 11.5. The SMILES string of the molecule is NC(=O)OC(=O)c1cc(-c2ccccc2)sc1N. The van der Waals surface area contributed by atoms with Crippen molar-refractivity contribution in [1.82, 2.24) is 0 Å². The molecule has 1 aromatic carbocycles. The molecule has 0 spiro atoms. The highest BCUT2D eigenvalue weighted by Crippen LogP contribution is 2.33. The first-order valence-electron chi connectivity index (χ1n) is 5.04. The van der Waals surface area contributed by atoms with Crippen molar-refractivity contribution in [3.63, 3.8) is 0 Å². The number of ether oxygens (including phenoxy) is 1. The summed E-state index contributed by atoms with van der Waals surface area (Å²) in [4.78, 5) is 22.9. The molecule has 92 valence electrons. The Morgan fingerprint density at radius 3 is 2.44 bits per heavy atom. The Morgan fingerprint density at radius 1 is 1.17 bits per heavy atom. The Hall–Kier alpha value is -2.34. The predicted molar refractivity (Wildman–Crippen MR) is 69.2 cm³/mol. The number of nitrogens with two attached hydrogens (primary N) is 2. The molecule has 0 aliphatic heterocycles. The minimum Gasteiger partial charge on any atom is -0.390 e. The molecular formula is C12H10N2O3S. The number of rotatable bonds is 2. The zero-order valence-electron chi connectivity index (χ0n) is 9.25. The standard InChI is InChI=1S/C12H10N2O3S/c13-10-8(11(15)17-12(14)16)6-9(18-10)7-4-2-1-3-5-7/h1-6H,13H2,(H2,14,16). The van der Waals surface area contributed by atoms with Crippen molar-refractivity contribution in [2.45, 2.75) is 0 Å². The van der Waals surface area contributed by atoms with Crippen LogP contribution in [-0.4, -0.2) is 12.1 Å². The second kappa shape index (κ2) is 4.89. The van der Waals surface area contributed by atoms with E-state index in [0.717, 1.165) is 10.4 Å². The fourth-order valence-corrected chi connectivity index (χ4v) is 2.38. The molecule has 1 heterocycles. The van der Waals surface area contributed by atoms with Crippen LogP contribution < -0.4 is 11.5 Å². The first-order chi connectivity index (χ1) is 8.58. The number of esters is 1. The zero-order chi connectivity index (χ0) is 13.1. The lowest BCUT2D eigenvalue weighted by Gasteiger charge is -1.97. The normalized spacial score (nSPS) is 10.0. The van der Waals surface area contributed by atoms with Crippen LogP contribution in [-0.2, 0) is 4.74 Å². The van der Waals surface area contributed by atoms with E-state index in [4.69, 9.17) is 11.5 Å². The number of thiophene rings is 1. The summed E-state index contributed by atoms with van der Waals surface area (Å²) in [6.45, 7) is 0. The van der Waals surface area contributed by atoms with Gasteiger partial charge in [0.15, 0.2) is 0 Å². The van der Waals surface area contributed by atoms with Crippen LogP contribution in [0.2, 0.25) is 0 Å². The number of carbonyl (C=O) groups is 2. The molecule has 6 heteroatoms. The molecule has 0 aliphatic rings. The molecule has 0 aliphatic carbocycles. The van der Waals surface area contributed by atoms with E-state index in [9.17, 15) is 9.59 Å². The first kappa shape index (κ1) is 12.1. The lowest BCUT2D eigenvalue weighted by Crippen LogP contribution is -2.18. The van der Waals surface area contributed by atoms with Crippen LogP contribution in [0.25, 0.3) is 10.4 Å². The van der Waals surface area contributed by atoms with E-state index in [1.807, 2.05) is 30.3 Å². The van der Waals surface area contributed by atoms with E-state index in [-0.39, 0.29) is 5.56 Å². The number of amides is 1. The van der Waals surface area contributed by atoms with Gasteiger partial charge in [0.1, 0.15) is 5.00 Å². The summed E-state index contributed by atoms with van der Waals surface area (Å²) >= 11 is 1.25. The molecule has 0 saturated heterocycles. The average Bonchev–Trinajstić information content (AvgIpc) is 2.72. The summed E-state index contributed by atoms with van der Waals surface area (Å²) in [6, 6.07) is 11.0. The minimum absolute atomic E-state index is 0.151. The number of benzene rings is 1. The molecule has 0 fully saturated rings. The van der Waals surface area contributed by atoms with E-state index < -0.39 is 12.1 Å². The Bertz CT molecular complexity index is 593. The largest absolute Gasteiger partial charge is 0.412 e. The van der Waals surface area contributed by atoms with Gasteiger partial charge in [0.05, 0.1) is 5.56 Å². The molecule has 0 saturated carbocycles. The van der Waals surface area contributed by atoms with Gasteiger partial charge in [-0.2, -0.15) is 0 Å². The second-order valence-corrected chi connectivity index (χ2v) is 4.55. The topological polar surface area (TPSA) is 95.4 Å². The maximum Gasteiger partial charge on any atom is 0.412 e. The molecule has 0 radical (unpaired) electrons. The molecule has 1 amide bonds. The summed E-state index contributed by atoms with van der Waals surface area (Å²) in [5, 5.41) is 0.292. The Morgan fingerprint density at radius 2 is 1.83 bits per heavy atom. The van der Waals surface area contributed by atoms with Crippen LogP contribution in [0.4, 0.5) is 9.80 Å². The van der Waals surface area contributed by atoms with Gasteiger partial charge in [0.25, 0.3) is 0 Å². The van der Waals surface area contributed by atoms with Crippen molar-refractivity contribution in [3.05, 3.63) is 42.0 Å². The van der Waals surface area contributed by atoms with E-state index >= 15 is 0 Å². The van der Waals surface area contributed by atoms with E-state index in [1.54, 1.807) is 6.07 Å². The summed E-state index contributed by atoms with van der Waals surface area (Å²) in [6.07, 6.45) is -1.15. The van der Waals surface area contributed by atoms with Gasteiger partial charge < -0.3 is 16.2 Å². The molecule has 2 aromatic rings. The Kier molecular flexibility index (Phi) is 3.29. The highest BCUT2D eigenvalue weighted by molar-refractivity contribution is 7.19. The van der Waals surface area contributed by atoms with Gasteiger partial charge in [-0.3, -0.25) is 0 Å². The van der Waals surface area contributed by atoms with Gasteiger partial charge in [-0.15, -0.1) is 11.3 Å². The second-order valence-electron chi connectivity index (χ2n) is 3.46. The third kappa shape index (κ3) is 2.49. The molecule has 2 rings (SSSR count). The van der Waals surface area contributed by atoms with Crippen LogP contribution in [0.5, 0.6) is 0 Å². The fourth-order valence-electron chi connectivity index (χ4n) is 1.46. The van der Waals surface area contributed by atoms with Crippen LogP contribution in [0.15, 0.2) is 36.4 Å². The number of carbonyl (C=O) groups excluding carboxylic acids is 2. The minimum atomic E-state index is -1.15. The van der Waals surface area contributed by atoms with Crippen molar-refractivity contribution in [1.29, 1.82) is 0 Å². The fraction of sp³-hybridized carbons (Fsp3) is 0. The molecular weight excluding hydrogens is 252 g/mol. The number of anilines is 1. The van der Waals surface area contributed by atoms with Gasteiger partial charge >= 0.3 is 12.1 Å². The lowest BCUT2D eigenvalue weighted by atomic mass is 10.1. The van der Waals surface area contributed by atoms with Gasteiger partial charge in [-0.25, -0.2) is 9.59 Å². The van der Waals surface area contributed by atoms with Crippen molar-refractivity contribution in [3.8, 4) is 10.4 Å². The molecule has 5 nitrogen and oxygen atoms in total. The third-order valence-corrected chi connectivity index (χ3v) is 3.25. The number of primary amides is 1. The molecule has 0 atom stereocenters. The van der Waals surface area contributed by atoms with Crippen LogP contribution in [0, 0.1) is 0 Å². The Balaban J connectivity index is 2.33. The lowest BCUT2D eigenvalue weighted by molar-refractivity contribution is 0.0640. The Labute approximate surface area is 107 Å². The van der Waals surface area contributed by atoms with Gasteiger partial charge in [0.2, 0.25) is 0 Å². The van der Waals surface area contributed by atoms with Crippen LogP contribution >= 0.6 is 11.3 Å². The highest BCUT2D eigenvalue weighted by atomic mass is 32.1. The predicted octanol–water partition coefficient (Wildman–Crippen LogP) is 2.23. The smallest absolute Gasteiger partial charge is 0.390 e. The van der Waals surface area contributed by atoms with E-state index in [2.05, 4.69) is 4.74 Å². The summed E-state index contributed by atoms with van der Waals surface area (Å²) in [5.74, 6) is -0.835. The average molecular weight is 262 g/mol. The highest BCUT2D eigenvalue weighted by Gasteiger charge is 2.18. The van der Waals surface area contributed by atoms with Crippen molar-refractivity contribution in [2.24, 2.45) is 5.73 Å². The maximum absolute atomic E-state index is 11.5. The molecule has 1 aromatic heterocycles. The molecule has 4 N–H and O–H groups in total. The summed E-state index contributed by atoms with van der Waals surface area (Å²) in [7, 11) is 0. The van der Waals surface area contributed by atoms with Gasteiger partial charge in [-0.1, -0.05) is 30.3 Å². The van der Waals surface area contributed by atoms with E-state index in [1.165, 1.54) is 11.3 Å². The monoisotopic (exact) mass is 262 g/mol. The van der Waals surface area contributed by atoms with Gasteiger partial charge in [0, 0.05) is 4.88 Å². The van der Waals surface area contributed by atoms with Gasteiger partial charge in [-0.05, 0) is 11.6 Å². The van der Waals surface area contributed by atoms with Crippen molar-refractivity contribution >= 4 is 28.4 Å². The zero-order valence-corrected chi connectivity index (χ0v) is 10.1. The van der Waals surface area contributed by atoms with Crippen LogP contribution in [0.3, 0.4) is 0 Å². The summed E-state index contributed by atoms with van der Waals surface area (Å²) < 4.78 is 4.29. The molecule has 18 heavy (non-hydrogen) atoms. The molecule has 0 bridgehead atoms. The van der Waals surface area contributed by atoms with Crippen molar-refractivity contribution in [2.75, 3.05) is 5.73 Å². The number of hydrogen-bond acceptors (Lipinski definition) is 5. The third-order valence-electron chi connectivity index (χ3n) is 2.23. The van der Waals surface area contributed by atoms with Crippen molar-refractivity contribution < 1.29 is 14.3 Å². The van der Waals surface area contributed by atoms with Crippen LogP contribution in [0.1, 0.15) is 10.4 Å². The first-order valence-corrected chi connectivity index (χ1v) is 5.86. The quantitative estimate of drug-likeness (QED) is 0.640. The number of hydrogen-bond donors (Lipinski definition) is 2. The molecule has 0 unspecified atom stereocenters. The number of nitrogen functional groups attached to an aromatic ring is 1.